The van der Waals surface area contributed by atoms with Crippen LogP contribution < -0.4 is 11.5 Å². The number of rotatable bonds is 29. The first-order chi connectivity index (χ1) is 20.8. The SMILES string of the molecule is CCCCCCCCCCCCOS(=O)(=O)[O-].CCCCCCCCCCCCOS(=O)(=O)[O-].NCCCCC(N)C(=O)O.[Zn+2]. The molecule has 0 aliphatic rings. The first-order valence-electron chi connectivity index (χ1n) is 16.7. The quantitative estimate of drug-likeness (QED) is 0.0333. The zero-order chi connectivity index (χ0) is 34.0. The second-order valence-electron chi connectivity index (χ2n) is 11.1. The predicted octanol–water partition coefficient (Wildman–Crippen LogP) is 6.29. The van der Waals surface area contributed by atoms with Gasteiger partial charge in [0.15, 0.2) is 0 Å². The molecule has 0 aromatic heterocycles. The molecule has 0 aliphatic carbocycles. The van der Waals surface area contributed by atoms with Gasteiger partial charge in [0.2, 0.25) is 20.8 Å². The van der Waals surface area contributed by atoms with E-state index in [9.17, 15) is 30.7 Å². The fraction of sp³-hybridized carbons (Fsp3) is 0.967. The van der Waals surface area contributed by atoms with Crippen molar-refractivity contribution in [3.63, 3.8) is 0 Å². The van der Waals surface area contributed by atoms with Crippen LogP contribution in [0.2, 0.25) is 0 Å². The molecule has 0 saturated carbocycles. The van der Waals surface area contributed by atoms with Crippen LogP contribution in [-0.2, 0) is 53.4 Å². The van der Waals surface area contributed by atoms with Crippen molar-refractivity contribution in [1.82, 2.24) is 0 Å². The molecule has 0 bridgehead atoms. The van der Waals surface area contributed by atoms with E-state index in [1.54, 1.807) is 0 Å². The zero-order valence-electron chi connectivity index (χ0n) is 28.3. The molecule has 15 heteroatoms. The standard InChI is InChI=1S/2C12H26O4S.C6H14N2O2.Zn/c2*1-2-3-4-5-6-7-8-9-10-11-12-16-17(13,14)15;7-4-2-1-3-5(8)6(9)10;/h2*2-12H2,1H3,(H,13,14,15);5H,1-4,7-8H2,(H,9,10);/q;;;+2/p-2. The first-order valence-corrected chi connectivity index (χ1v) is 19.4. The summed E-state index contributed by atoms with van der Waals surface area (Å²) in [4.78, 5) is 10.1. The molecule has 5 N–H and O–H groups in total. The van der Waals surface area contributed by atoms with Gasteiger partial charge in [0.1, 0.15) is 6.04 Å². The summed E-state index contributed by atoms with van der Waals surface area (Å²) >= 11 is 0. The second-order valence-corrected chi connectivity index (χ2v) is 13.2. The van der Waals surface area contributed by atoms with Crippen molar-refractivity contribution in [2.45, 2.75) is 168 Å². The third-order valence-electron chi connectivity index (χ3n) is 6.74. The summed E-state index contributed by atoms with van der Waals surface area (Å²) in [6, 6.07) is -0.716. The fourth-order valence-corrected chi connectivity index (χ4v) is 4.78. The molecule has 0 rings (SSSR count). The van der Waals surface area contributed by atoms with Gasteiger partial charge >= 0.3 is 25.4 Å². The maximum absolute atomic E-state index is 10.1. The molecule has 0 spiro atoms. The molecule has 0 heterocycles. The van der Waals surface area contributed by atoms with Gasteiger partial charge < -0.3 is 25.7 Å². The van der Waals surface area contributed by atoms with Gasteiger partial charge in [-0.05, 0) is 32.2 Å². The maximum atomic E-state index is 10.1. The van der Waals surface area contributed by atoms with Gasteiger partial charge in [-0.1, -0.05) is 136 Å². The van der Waals surface area contributed by atoms with Crippen LogP contribution in [0.15, 0.2) is 0 Å². The molecule has 45 heavy (non-hydrogen) atoms. The smallest absolute Gasteiger partial charge is 0.726 e. The van der Waals surface area contributed by atoms with Crippen LogP contribution in [0.5, 0.6) is 0 Å². The van der Waals surface area contributed by atoms with Gasteiger partial charge in [-0.15, -0.1) is 0 Å². The van der Waals surface area contributed by atoms with E-state index in [-0.39, 0.29) is 32.7 Å². The summed E-state index contributed by atoms with van der Waals surface area (Å²) in [5.41, 5.74) is 10.4. The Balaban J connectivity index is -0.000000287. The molecule has 1 unspecified atom stereocenters. The number of carboxylic acid groups (broad SMARTS) is 1. The van der Waals surface area contributed by atoms with E-state index in [2.05, 4.69) is 22.2 Å². The second kappa shape index (κ2) is 38.2. The van der Waals surface area contributed by atoms with Crippen molar-refractivity contribution in [3.05, 3.63) is 0 Å². The number of hydrogen-bond donors (Lipinski definition) is 3. The summed E-state index contributed by atoms with van der Waals surface area (Å²) in [6.45, 7) is 5.09. The third kappa shape index (κ3) is 56.5. The Morgan fingerprint density at radius 1 is 0.600 bits per heavy atom. The van der Waals surface area contributed by atoms with Crippen LogP contribution in [0.4, 0.5) is 0 Å². The minimum absolute atomic E-state index is 0. The number of aliphatic carboxylic acids is 1. The van der Waals surface area contributed by atoms with Gasteiger partial charge in [-0.25, -0.2) is 16.8 Å². The summed E-state index contributed by atoms with van der Waals surface area (Å²) in [6.07, 6.45) is 25.6. The molecule has 0 aliphatic heterocycles. The molecule has 268 valence electrons. The van der Waals surface area contributed by atoms with Crippen LogP contribution in [0.3, 0.4) is 0 Å². The Kier molecular flexibility index (Phi) is 43.8. The van der Waals surface area contributed by atoms with E-state index in [0.717, 1.165) is 38.5 Å². The number of carbonyl (C=O) groups is 1. The number of carboxylic acids is 1. The summed E-state index contributed by atoms with van der Waals surface area (Å²) in [5.74, 6) is -0.933. The first kappa shape index (κ1) is 51.6. The molecule has 0 amide bonds. The van der Waals surface area contributed by atoms with E-state index in [0.29, 0.717) is 25.8 Å². The number of nitrogens with two attached hydrogens (primary N) is 2. The van der Waals surface area contributed by atoms with E-state index in [1.165, 1.54) is 89.9 Å². The minimum atomic E-state index is -4.48. The molecule has 0 aromatic carbocycles. The van der Waals surface area contributed by atoms with E-state index < -0.39 is 32.8 Å². The van der Waals surface area contributed by atoms with Crippen LogP contribution in [0.1, 0.15) is 162 Å². The van der Waals surface area contributed by atoms with Crippen LogP contribution >= 0.6 is 0 Å². The van der Waals surface area contributed by atoms with E-state index >= 15 is 0 Å². The predicted molar refractivity (Wildman–Crippen MR) is 174 cm³/mol. The van der Waals surface area contributed by atoms with Crippen molar-refractivity contribution >= 4 is 26.8 Å². The molecule has 12 nitrogen and oxygen atoms in total. The Hall–Kier alpha value is -0.247. The monoisotopic (exact) mass is 740 g/mol. The van der Waals surface area contributed by atoms with Gasteiger partial charge in [-0.2, -0.15) is 0 Å². The van der Waals surface area contributed by atoms with Crippen molar-refractivity contribution < 1.29 is 63.7 Å². The van der Waals surface area contributed by atoms with Crippen molar-refractivity contribution in [3.8, 4) is 0 Å². The summed E-state index contributed by atoms with van der Waals surface area (Å²) in [7, 11) is -8.97. The Morgan fingerprint density at radius 3 is 1.13 bits per heavy atom. The molecule has 0 fully saturated rings. The van der Waals surface area contributed by atoms with Crippen LogP contribution in [-0.4, -0.2) is 62.8 Å². The average molecular weight is 742 g/mol. The largest absolute Gasteiger partial charge is 2.00 e. The third-order valence-corrected chi connectivity index (χ3v) is 7.65. The Morgan fingerprint density at radius 2 is 0.889 bits per heavy atom. The Bertz CT molecular complexity index is 766. The van der Waals surface area contributed by atoms with Gasteiger partial charge in [0.05, 0.1) is 13.2 Å². The zero-order valence-corrected chi connectivity index (χ0v) is 32.9. The van der Waals surface area contributed by atoms with Gasteiger partial charge in [0.25, 0.3) is 0 Å². The summed E-state index contributed by atoms with van der Waals surface area (Å²) in [5, 5.41) is 8.33. The number of unbranched alkanes of at least 4 members (excludes halogenated alkanes) is 19. The Labute approximate surface area is 288 Å². The van der Waals surface area contributed by atoms with Gasteiger partial charge in [0, 0.05) is 0 Å². The molecule has 1 atom stereocenters. The molecular formula is C30H64N2O10S2Zn. The van der Waals surface area contributed by atoms with Crippen LogP contribution in [0.25, 0.3) is 0 Å². The van der Waals surface area contributed by atoms with E-state index in [4.69, 9.17) is 16.6 Å². The number of hydrogen-bond acceptors (Lipinski definition) is 11. The topological polar surface area (TPSA) is 222 Å². The van der Waals surface area contributed by atoms with Gasteiger partial charge in [-0.3, -0.25) is 13.2 Å². The van der Waals surface area contributed by atoms with Crippen molar-refractivity contribution in [1.29, 1.82) is 0 Å². The summed E-state index contributed by atoms with van der Waals surface area (Å²) < 4.78 is 68.9. The maximum Gasteiger partial charge on any atom is 2.00 e. The van der Waals surface area contributed by atoms with E-state index in [1.807, 2.05) is 0 Å². The normalized spacial score (nSPS) is 11.9. The minimum Gasteiger partial charge on any atom is -0.726 e. The fourth-order valence-electron chi connectivity index (χ4n) is 4.13. The average Bonchev–Trinajstić information content (AvgIpc) is 2.94. The van der Waals surface area contributed by atoms with Crippen molar-refractivity contribution in [2.75, 3.05) is 19.8 Å². The molecule has 0 saturated heterocycles. The molecular weight excluding hydrogens is 678 g/mol. The molecule has 0 aromatic rings. The van der Waals surface area contributed by atoms with Crippen molar-refractivity contribution in [2.24, 2.45) is 11.5 Å². The van der Waals surface area contributed by atoms with Crippen LogP contribution in [0, 0.1) is 0 Å². The molecule has 0 radical (unpaired) electrons.